The van der Waals surface area contributed by atoms with Gasteiger partial charge in [-0.2, -0.15) is 0 Å². The fourth-order valence-corrected chi connectivity index (χ4v) is 1.86. The number of hydrogen-bond acceptors (Lipinski definition) is 3. The molecule has 1 aliphatic carbocycles. The molecular formula is C11H20N4. The molecule has 0 saturated heterocycles. The van der Waals surface area contributed by atoms with Crippen LogP contribution in [0.1, 0.15) is 31.5 Å². The van der Waals surface area contributed by atoms with Gasteiger partial charge in [-0.25, -0.2) is 4.98 Å². The van der Waals surface area contributed by atoms with Crippen molar-refractivity contribution in [3.63, 3.8) is 0 Å². The largest absolute Gasteiger partial charge is 0.332 e. The highest BCUT2D eigenvalue weighted by atomic mass is 15.2. The zero-order chi connectivity index (χ0) is 10.8. The zero-order valence-corrected chi connectivity index (χ0v) is 9.56. The molecule has 1 aliphatic rings. The topological polar surface area (TPSA) is 47.1 Å². The summed E-state index contributed by atoms with van der Waals surface area (Å²) >= 11 is 0. The Morgan fingerprint density at radius 2 is 2.40 bits per heavy atom. The standard InChI is InChI=1S/C11H20N4/c1-9(12)11-7-13-8-15(11)6-5-14(2)10-3-4-10/h7-10H,3-6,12H2,1-2H3/t9-/m0/s1. The second-order valence-electron chi connectivity index (χ2n) is 4.51. The van der Waals surface area contributed by atoms with Crippen molar-refractivity contribution in [2.75, 3.05) is 13.6 Å². The monoisotopic (exact) mass is 208 g/mol. The van der Waals surface area contributed by atoms with E-state index in [1.807, 2.05) is 19.4 Å². The van der Waals surface area contributed by atoms with Crippen molar-refractivity contribution in [2.45, 2.75) is 38.4 Å². The van der Waals surface area contributed by atoms with E-state index in [1.165, 1.54) is 12.8 Å². The van der Waals surface area contributed by atoms with Crippen LogP contribution in [-0.2, 0) is 6.54 Å². The highest BCUT2D eigenvalue weighted by Crippen LogP contribution is 2.25. The molecule has 1 aromatic rings. The van der Waals surface area contributed by atoms with E-state index in [-0.39, 0.29) is 6.04 Å². The van der Waals surface area contributed by atoms with E-state index < -0.39 is 0 Å². The molecule has 0 bridgehead atoms. The third kappa shape index (κ3) is 2.58. The quantitative estimate of drug-likeness (QED) is 0.785. The maximum absolute atomic E-state index is 5.86. The first-order chi connectivity index (χ1) is 7.18. The van der Waals surface area contributed by atoms with Gasteiger partial charge in [0.2, 0.25) is 0 Å². The zero-order valence-electron chi connectivity index (χ0n) is 9.56. The van der Waals surface area contributed by atoms with Crippen LogP contribution in [0.2, 0.25) is 0 Å². The van der Waals surface area contributed by atoms with E-state index in [0.29, 0.717) is 0 Å². The lowest BCUT2D eigenvalue weighted by Gasteiger charge is -2.17. The molecule has 0 aromatic carbocycles. The summed E-state index contributed by atoms with van der Waals surface area (Å²) in [6, 6.07) is 0.894. The second kappa shape index (κ2) is 4.33. The average molecular weight is 208 g/mol. The van der Waals surface area contributed by atoms with Gasteiger partial charge in [0.25, 0.3) is 0 Å². The number of nitrogens with zero attached hydrogens (tertiary/aromatic N) is 3. The van der Waals surface area contributed by atoms with Crippen molar-refractivity contribution >= 4 is 0 Å². The van der Waals surface area contributed by atoms with Crippen LogP contribution >= 0.6 is 0 Å². The molecule has 4 heteroatoms. The molecule has 1 heterocycles. The van der Waals surface area contributed by atoms with E-state index in [2.05, 4.69) is 21.5 Å². The molecule has 0 amide bonds. The van der Waals surface area contributed by atoms with Gasteiger partial charge >= 0.3 is 0 Å². The van der Waals surface area contributed by atoms with Crippen LogP contribution in [0.3, 0.4) is 0 Å². The first kappa shape index (κ1) is 10.6. The van der Waals surface area contributed by atoms with Crippen LogP contribution in [0.15, 0.2) is 12.5 Å². The minimum atomic E-state index is 0.0683. The van der Waals surface area contributed by atoms with Crippen LogP contribution in [0.4, 0.5) is 0 Å². The first-order valence-corrected chi connectivity index (χ1v) is 5.64. The Labute approximate surface area is 91.1 Å². The summed E-state index contributed by atoms with van der Waals surface area (Å²) in [6.45, 7) is 4.07. The van der Waals surface area contributed by atoms with Crippen molar-refractivity contribution in [2.24, 2.45) is 5.73 Å². The summed E-state index contributed by atoms with van der Waals surface area (Å²) in [5.74, 6) is 0. The van der Waals surface area contributed by atoms with Gasteiger partial charge in [-0.3, -0.25) is 0 Å². The molecule has 0 radical (unpaired) electrons. The van der Waals surface area contributed by atoms with Gasteiger partial charge in [0.1, 0.15) is 0 Å². The molecule has 84 valence electrons. The second-order valence-corrected chi connectivity index (χ2v) is 4.51. The average Bonchev–Trinajstić information content (AvgIpc) is 2.93. The Kier molecular flexibility index (Phi) is 3.07. The summed E-state index contributed by atoms with van der Waals surface area (Å²) < 4.78 is 2.16. The Balaban J connectivity index is 1.89. The summed E-state index contributed by atoms with van der Waals surface area (Å²) in [7, 11) is 2.19. The van der Waals surface area contributed by atoms with E-state index >= 15 is 0 Å². The third-order valence-corrected chi connectivity index (χ3v) is 3.07. The maximum atomic E-state index is 5.86. The van der Waals surface area contributed by atoms with Crippen LogP contribution in [0.25, 0.3) is 0 Å². The number of nitrogens with two attached hydrogens (primary N) is 1. The SMILES string of the molecule is C[C@H](N)c1cncn1CCN(C)C1CC1. The fraction of sp³-hybridized carbons (Fsp3) is 0.727. The summed E-state index contributed by atoms with van der Waals surface area (Å²) in [6.07, 6.45) is 6.46. The highest BCUT2D eigenvalue weighted by Gasteiger charge is 2.25. The van der Waals surface area contributed by atoms with Gasteiger partial charge in [-0.05, 0) is 26.8 Å². The minimum Gasteiger partial charge on any atom is -0.332 e. The molecule has 0 unspecified atom stereocenters. The van der Waals surface area contributed by atoms with Gasteiger partial charge in [0.05, 0.1) is 12.0 Å². The van der Waals surface area contributed by atoms with Crippen LogP contribution in [0, 0.1) is 0 Å². The van der Waals surface area contributed by atoms with E-state index in [0.717, 1.165) is 24.8 Å². The predicted molar refractivity (Wildman–Crippen MR) is 60.5 cm³/mol. The number of aromatic nitrogens is 2. The summed E-state index contributed by atoms with van der Waals surface area (Å²) in [5.41, 5.74) is 6.99. The van der Waals surface area contributed by atoms with E-state index in [1.54, 1.807) is 0 Å². The van der Waals surface area contributed by atoms with Gasteiger partial charge in [0, 0.05) is 31.4 Å². The van der Waals surface area contributed by atoms with Crippen molar-refractivity contribution in [3.8, 4) is 0 Å². The summed E-state index contributed by atoms with van der Waals surface area (Å²) in [4.78, 5) is 6.57. The molecule has 1 saturated carbocycles. The molecule has 1 aromatic heterocycles. The lowest BCUT2D eigenvalue weighted by molar-refractivity contribution is 0.307. The number of imidazole rings is 1. The molecule has 1 atom stereocenters. The molecule has 1 fully saturated rings. The van der Waals surface area contributed by atoms with Crippen molar-refractivity contribution in [1.29, 1.82) is 0 Å². The first-order valence-electron chi connectivity index (χ1n) is 5.64. The number of rotatable bonds is 5. The lowest BCUT2D eigenvalue weighted by Crippen LogP contribution is -2.26. The van der Waals surface area contributed by atoms with Gasteiger partial charge in [-0.15, -0.1) is 0 Å². The van der Waals surface area contributed by atoms with Crippen LogP contribution < -0.4 is 5.73 Å². The molecule has 0 aliphatic heterocycles. The molecule has 2 rings (SSSR count). The Morgan fingerprint density at radius 1 is 1.67 bits per heavy atom. The van der Waals surface area contributed by atoms with Gasteiger partial charge < -0.3 is 15.2 Å². The smallest absolute Gasteiger partial charge is 0.0949 e. The van der Waals surface area contributed by atoms with Crippen LogP contribution in [-0.4, -0.2) is 34.1 Å². The number of likely N-dealkylation sites (N-methyl/N-ethyl adjacent to an activating group) is 1. The van der Waals surface area contributed by atoms with Crippen LogP contribution in [0.5, 0.6) is 0 Å². The fourth-order valence-electron chi connectivity index (χ4n) is 1.86. The van der Waals surface area contributed by atoms with E-state index in [4.69, 9.17) is 5.73 Å². The van der Waals surface area contributed by atoms with Gasteiger partial charge in [0.15, 0.2) is 0 Å². The normalized spacial score (nSPS) is 18.4. The molecule has 15 heavy (non-hydrogen) atoms. The summed E-state index contributed by atoms with van der Waals surface area (Å²) in [5, 5.41) is 0. The molecule has 2 N–H and O–H groups in total. The maximum Gasteiger partial charge on any atom is 0.0949 e. The molecule has 0 spiro atoms. The molecule has 4 nitrogen and oxygen atoms in total. The van der Waals surface area contributed by atoms with Gasteiger partial charge in [-0.1, -0.05) is 0 Å². The van der Waals surface area contributed by atoms with Crippen molar-refractivity contribution < 1.29 is 0 Å². The Morgan fingerprint density at radius 3 is 3.00 bits per heavy atom. The molecular weight excluding hydrogens is 188 g/mol. The lowest BCUT2D eigenvalue weighted by atomic mass is 10.3. The Hall–Kier alpha value is -0.870. The number of hydrogen-bond donors (Lipinski definition) is 1. The van der Waals surface area contributed by atoms with Crippen molar-refractivity contribution in [1.82, 2.24) is 14.5 Å². The highest BCUT2D eigenvalue weighted by molar-refractivity contribution is 5.03. The van der Waals surface area contributed by atoms with Crippen molar-refractivity contribution in [3.05, 3.63) is 18.2 Å². The minimum absolute atomic E-state index is 0.0683. The van der Waals surface area contributed by atoms with E-state index in [9.17, 15) is 0 Å². The predicted octanol–water partition coefficient (Wildman–Crippen LogP) is 0.997. The third-order valence-electron chi connectivity index (χ3n) is 3.07. The Bertz CT molecular complexity index is 314.